The van der Waals surface area contributed by atoms with Gasteiger partial charge in [-0.1, -0.05) is 23.7 Å². The summed E-state index contributed by atoms with van der Waals surface area (Å²) in [4.78, 5) is 14.8. The van der Waals surface area contributed by atoms with Gasteiger partial charge in [0.2, 0.25) is 5.91 Å². The number of hydrogen-bond donors (Lipinski definition) is 1. The van der Waals surface area contributed by atoms with Gasteiger partial charge >= 0.3 is 0 Å². The molecule has 1 aromatic heterocycles. The van der Waals surface area contributed by atoms with Gasteiger partial charge in [0, 0.05) is 37.0 Å². The summed E-state index contributed by atoms with van der Waals surface area (Å²) in [6.45, 7) is 5.73. The summed E-state index contributed by atoms with van der Waals surface area (Å²) in [6, 6.07) is 7.57. The smallest absolute Gasteiger partial charge is 0.220 e. The Labute approximate surface area is 163 Å². The second kappa shape index (κ2) is 10.3. The maximum Gasteiger partial charge on any atom is 0.220 e. The highest BCUT2D eigenvalue weighted by Gasteiger charge is 2.18. The van der Waals surface area contributed by atoms with Crippen molar-refractivity contribution in [2.45, 2.75) is 25.3 Å². The van der Waals surface area contributed by atoms with E-state index >= 15 is 0 Å². The molecule has 27 heavy (non-hydrogen) atoms. The summed E-state index contributed by atoms with van der Waals surface area (Å²) in [6.07, 6.45) is 2.87. The highest BCUT2D eigenvalue weighted by Crippen LogP contribution is 2.23. The van der Waals surface area contributed by atoms with Crippen molar-refractivity contribution in [3.63, 3.8) is 0 Å². The first-order valence-corrected chi connectivity index (χ1v) is 9.61. The normalized spacial score (nSPS) is 16.2. The van der Waals surface area contributed by atoms with Crippen molar-refractivity contribution in [1.29, 1.82) is 0 Å². The number of benzene rings is 1. The van der Waals surface area contributed by atoms with Crippen LogP contribution < -0.4 is 5.32 Å². The number of tetrazole rings is 1. The number of morpholine rings is 1. The van der Waals surface area contributed by atoms with Crippen LogP contribution in [0.1, 0.15) is 24.3 Å². The maximum absolute atomic E-state index is 12.4. The summed E-state index contributed by atoms with van der Waals surface area (Å²) in [5, 5.41) is 14.9. The SMILES string of the molecule is O=C(C[C@@H](Cn1cnnn1)c1ccc(Cl)cc1)NCCCN1CCOCC1. The first-order chi connectivity index (χ1) is 13.2. The van der Waals surface area contributed by atoms with E-state index in [0.717, 1.165) is 44.8 Å². The van der Waals surface area contributed by atoms with Crippen molar-refractivity contribution in [2.24, 2.45) is 0 Å². The third-order valence-electron chi connectivity index (χ3n) is 4.65. The first-order valence-electron chi connectivity index (χ1n) is 9.24. The molecule has 0 radical (unpaired) electrons. The van der Waals surface area contributed by atoms with Crippen molar-refractivity contribution in [2.75, 3.05) is 39.4 Å². The van der Waals surface area contributed by atoms with Crippen LogP contribution in [-0.2, 0) is 16.1 Å². The minimum Gasteiger partial charge on any atom is -0.379 e. The Morgan fingerprint density at radius 3 is 2.74 bits per heavy atom. The van der Waals surface area contributed by atoms with Crippen LogP contribution in [0.5, 0.6) is 0 Å². The lowest BCUT2D eigenvalue weighted by atomic mass is 9.95. The van der Waals surface area contributed by atoms with E-state index in [9.17, 15) is 4.79 Å². The number of aromatic nitrogens is 4. The molecular formula is C18H25ClN6O2. The van der Waals surface area contributed by atoms with Gasteiger partial charge in [-0.2, -0.15) is 0 Å². The van der Waals surface area contributed by atoms with E-state index in [1.165, 1.54) is 0 Å². The van der Waals surface area contributed by atoms with Crippen molar-refractivity contribution in [1.82, 2.24) is 30.4 Å². The Morgan fingerprint density at radius 1 is 1.26 bits per heavy atom. The number of ether oxygens (including phenoxy) is 1. The Bertz CT molecular complexity index is 688. The maximum atomic E-state index is 12.4. The van der Waals surface area contributed by atoms with E-state index in [1.807, 2.05) is 24.3 Å². The first kappa shape index (κ1) is 19.7. The fourth-order valence-corrected chi connectivity index (χ4v) is 3.29. The van der Waals surface area contributed by atoms with Crippen LogP contribution in [0.2, 0.25) is 5.02 Å². The van der Waals surface area contributed by atoms with Crippen molar-refractivity contribution >= 4 is 17.5 Å². The zero-order chi connectivity index (χ0) is 18.9. The van der Waals surface area contributed by atoms with Crippen LogP contribution in [0.15, 0.2) is 30.6 Å². The van der Waals surface area contributed by atoms with Gasteiger partial charge in [0.05, 0.1) is 19.8 Å². The molecule has 2 aromatic rings. The van der Waals surface area contributed by atoms with Crippen LogP contribution in [0.3, 0.4) is 0 Å². The fraction of sp³-hybridized carbons (Fsp3) is 0.556. The van der Waals surface area contributed by atoms with Crippen LogP contribution in [0, 0.1) is 0 Å². The van der Waals surface area contributed by atoms with Crippen molar-refractivity contribution < 1.29 is 9.53 Å². The molecule has 1 fully saturated rings. The Kier molecular flexibility index (Phi) is 7.55. The summed E-state index contributed by atoms with van der Waals surface area (Å²) in [5.74, 6) is 0.00927. The molecule has 1 N–H and O–H groups in total. The molecule has 0 aliphatic carbocycles. The molecule has 9 heteroatoms. The van der Waals surface area contributed by atoms with Crippen LogP contribution in [-0.4, -0.2) is 70.4 Å². The van der Waals surface area contributed by atoms with Gasteiger partial charge < -0.3 is 10.1 Å². The molecule has 0 bridgehead atoms. The zero-order valence-electron chi connectivity index (χ0n) is 15.3. The van der Waals surface area contributed by atoms with E-state index in [-0.39, 0.29) is 11.8 Å². The summed E-state index contributed by atoms with van der Waals surface area (Å²) >= 11 is 5.98. The molecule has 1 aliphatic heterocycles. The number of nitrogens with one attached hydrogen (secondary N) is 1. The zero-order valence-corrected chi connectivity index (χ0v) is 16.0. The molecule has 0 spiro atoms. The minimum absolute atomic E-state index is 0.0231. The van der Waals surface area contributed by atoms with Gasteiger partial charge in [0.15, 0.2) is 0 Å². The number of halogens is 1. The number of carbonyl (C=O) groups excluding carboxylic acids is 1. The third kappa shape index (κ3) is 6.57. The quantitative estimate of drug-likeness (QED) is 0.648. The molecule has 1 aromatic carbocycles. The lowest BCUT2D eigenvalue weighted by Gasteiger charge is -2.26. The topological polar surface area (TPSA) is 85.2 Å². The van der Waals surface area contributed by atoms with Crippen LogP contribution in [0.4, 0.5) is 0 Å². The number of nitrogens with zero attached hydrogens (tertiary/aromatic N) is 5. The molecule has 1 atom stereocenters. The molecule has 146 valence electrons. The monoisotopic (exact) mass is 392 g/mol. The van der Waals surface area contributed by atoms with Crippen molar-refractivity contribution in [3.8, 4) is 0 Å². The van der Waals surface area contributed by atoms with E-state index in [4.69, 9.17) is 16.3 Å². The minimum atomic E-state index is -0.0231. The molecule has 1 aliphatic rings. The summed E-state index contributed by atoms with van der Waals surface area (Å²) in [5.41, 5.74) is 1.04. The van der Waals surface area contributed by atoms with E-state index in [2.05, 4.69) is 25.7 Å². The molecule has 1 saturated heterocycles. The fourth-order valence-electron chi connectivity index (χ4n) is 3.16. The number of rotatable bonds is 9. The lowest BCUT2D eigenvalue weighted by molar-refractivity contribution is -0.121. The standard InChI is InChI=1S/C18H25ClN6O2/c19-17-4-2-15(3-5-17)16(13-25-14-21-22-23-25)12-18(26)20-6-1-7-24-8-10-27-11-9-24/h2-5,14,16H,1,6-13H2,(H,20,26)/t16-/m0/s1. The molecule has 2 heterocycles. The summed E-state index contributed by atoms with van der Waals surface area (Å²) in [7, 11) is 0. The highest BCUT2D eigenvalue weighted by atomic mass is 35.5. The second-order valence-corrected chi connectivity index (χ2v) is 7.08. The van der Waals surface area contributed by atoms with Gasteiger partial charge in [-0.05, 0) is 41.1 Å². The molecule has 3 rings (SSSR count). The van der Waals surface area contributed by atoms with Gasteiger partial charge in [0.1, 0.15) is 6.33 Å². The highest BCUT2D eigenvalue weighted by molar-refractivity contribution is 6.30. The van der Waals surface area contributed by atoms with Gasteiger partial charge in [0.25, 0.3) is 0 Å². The van der Waals surface area contributed by atoms with E-state index in [0.29, 0.717) is 24.5 Å². The Balaban J connectivity index is 1.48. The molecule has 0 unspecified atom stereocenters. The number of amides is 1. The van der Waals surface area contributed by atoms with Crippen LogP contribution >= 0.6 is 11.6 Å². The van der Waals surface area contributed by atoms with Gasteiger partial charge in [-0.3, -0.25) is 9.69 Å². The van der Waals surface area contributed by atoms with Gasteiger partial charge in [-0.25, -0.2) is 4.68 Å². The third-order valence-corrected chi connectivity index (χ3v) is 4.90. The lowest BCUT2D eigenvalue weighted by Crippen LogP contribution is -2.38. The Morgan fingerprint density at radius 2 is 2.04 bits per heavy atom. The second-order valence-electron chi connectivity index (χ2n) is 6.64. The predicted octanol–water partition coefficient (Wildman–Crippen LogP) is 1.34. The van der Waals surface area contributed by atoms with Crippen molar-refractivity contribution in [3.05, 3.63) is 41.2 Å². The average molecular weight is 393 g/mol. The molecule has 1 amide bonds. The molecular weight excluding hydrogens is 368 g/mol. The molecule has 8 nitrogen and oxygen atoms in total. The van der Waals surface area contributed by atoms with Crippen LogP contribution in [0.25, 0.3) is 0 Å². The summed E-state index contributed by atoms with van der Waals surface area (Å²) < 4.78 is 6.99. The van der Waals surface area contributed by atoms with Gasteiger partial charge in [-0.15, -0.1) is 5.10 Å². The largest absolute Gasteiger partial charge is 0.379 e. The number of carbonyl (C=O) groups is 1. The van der Waals surface area contributed by atoms with E-state index < -0.39 is 0 Å². The Hall–Kier alpha value is -2.03. The molecule has 0 saturated carbocycles. The number of hydrogen-bond acceptors (Lipinski definition) is 6. The average Bonchev–Trinajstić information content (AvgIpc) is 3.19. The van der Waals surface area contributed by atoms with E-state index in [1.54, 1.807) is 11.0 Å². The predicted molar refractivity (Wildman–Crippen MR) is 102 cm³/mol.